The fourth-order valence-corrected chi connectivity index (χ4v) is 4.62. The molecule has 9 heteroatoms. The molecule has 27 heavy (non-hydrogen) atoms. The van der Waals surface area contributed by atoms with Crippen molar-refractivity contribution in [2.75, 3.05) is 33.3 Å². The van der Waals surface area contributed by atoms with E-state index >= 15 is 0 Å². The lowest BCUT2D eigenvalue weighted by Crippen LogP contribution is -2.50. The average Bonchev–Trinajstić information content (AvgIpc) is 2.67. The van der Waals surface area contributed by atoms with Gasteiger partial charge in [-0.3, -0.25) is 4.79 Å². The van der Waals surface area contributed by atoms with Gasteiger partial charge in [0.05, 0.1) is 17.6 Å². The lowest BCUT2D eigenvalue weighted by atomic mass is 10.1. The second-order valence-electron chi connectivity index (χ2n) is 6.04. The maximum Gasteiger partial charge on any atom is 0.257 e. The SMILES string of the molecule is COc1ccc(C(=O)N2CCN(S(=O)(=O)c3cccc(Cl)c3)CC2)c(O)c1. The average molecular weight is 411 g/mol. The number of halogens is 1. The third kappa shape index (κ3) is 4.02. The molecule has 0 radical (unpaired) electrons. The number of hydrogen-bond donors (Lipinski definition) is 1. The van der Waals surface area contributed by atoms with E-state index in [0.29, 0.717) is 10.8 Å². The largest absolute Gasteiger partial charge is 0.507 e. The van der Waals surface area contributed by atoms with Crippen molar-refractivity contribution in [1.29, 1.82) is 0 Å². The van der Waals surface area contributed by atoms with Gasteiger partial charge in [0.1, 0.15) is 11.5 Å². The van der Waals surface area contributed by atoms with Crippen LogP contribution in [0.5, 0.6) is 11.5 Å². The van der Waals surface area contributed by atoms with Crippen molar-refractivity contribution in [2.24, 2.45) is 0 Å². The molecule has 0 unspecified atom stereocenters. The Balaban J connectivity index is 1.71. The molecule has 7 nitrogen and oxygen atoms in total. The minimum atomic E-state index is -3.67. The first-order valence-electron chi connectivity index (χ1n) is 8.25. The van der Waals surface area contributed by atoms with E-state index in [-0.39, 0.29) is 48.3 Å². The smallest absolute Gasteiger partial charge is 0.257 e. The van der Waals surface area contributed by atoms with Gasteiger partial charge in [0.25, 0.3) is 5.91 Å². The minimum Gasteiger partial charge on any atom is -0.507 e. The Hall–Kier alpha value is -2.29. The van der Waals surface area contributed by atoms with Crippen molar-refractivity contribution >= 4 is 27.5 Å². The summed E-state index contributed by atoms with van der Waals surface area (Å²) in [5.74, 6) is -0.0789. The number of methoxy groups -OCH3 is 1. The summed E-state index contributed by atoms with van der Waals surface area (Å²) in [6.07, 6.45) is 0. The first-order chi connectivity index (χ1) is 12.8. The molecule has 1 fully saturated rings. The summed E-state index contributed by atoms with van der Waals surface area (Å²) in [7, 11) is -2.20. The number of carbonyl (C=O) groups excluding carboxylic acids is 1. The number of piperazine rings is 1. The molecule has 0 aromatic heterocycles. The summed E-state index contributed by atoms with van der Waals surface area (Å²) < 4.78 is 31.8. The molecule has 1 heterocycles. The summed E-state index contributed by atoms with van der Waals surface area (Å²) in [4.78, 5) is 14.3. The highest BCUT2D eigenvalue weighted by molar-refractivity contribution is 7.89. The van der Waals surface area contributed by atoms with Crippen LogP contribution < -0.4 is 4.74 Å². The van der Waals surface area contributed by atoms with E-state index in [1.807, 2.05) is 0 Å². The molecular weight excluding hydrogens is 392 g/mol. The fourth-order valence-electron chi connectivity index (χ4n) is 2.90. The molecule has 0 aliphatic carbocycles. The van der Waals surface area contributed by atoms with Crippen LogP contribution in [0.3, 0.4) is 0 Å². The van der Waals surface area contributed by atoms with Crippen LogP contribution in [0.25, 0.3) is 0 Å². The van der Waals surface area contributed by atoms with Crippen LogP contribution in [0.1, 0.15) is 10.4 Å². The molecule has 0 spiro atoms. The lowest BCUT2D eigenvalue weighted by Gasteiger charge is -2.34. The molecule has 1 aliphatic heterocycles. The predicted octanol–water partition coefficient (Wildman–Crippen LogP) is 2.20. The van der Waals surface area contributed by atoms with Crippen LogP contribution in [0.4, 0.5) is 0 Å². The van der Waals surface area contributed by atoms with E-state index in [2.05, 4.69) is 0 Å². The molecule has 2 aromatic rings. The van der Waals surface area contributed by atoms with Crippen molar-refractivity contribution < 1.29 is 23.1 Å². The van der Waals surface area contributed by atoms with E-state index in [1.165, 1.54) is 40.6 Å². The third-order valence-electron chi connectivity index (χ3n) is 4.40. The monoisotopic (exact) mass is 410 g/mol. The molecule has 0 bridgehead atoms. The second-order valence-corrected chi connectivity index (χ2v) is 8.41. The number of rotatable bonds is 4. The van der Waals surface area contributed by atoms with Crippen molar-refractivity contribution in [3.8, 4) is 11.5 Å². The minimum absolute atomic E-state index is 0.127. The third-order valence-corrected chi connectivity index (χ3v) is 6.52. The number of benzene rings is 2. The van der Waals surface area contributed by atoms with Crippen LogP contribution in [0, 0.1) is 0 Å². The summed E-state index contributed by atoms with van der Waals surface area (Å²) in [5, 5.41) is 10.4. The number of phenols is 1. The Kier molecular flexibility index (Phi) is 5.59. The van der Waals surface area contributed by atoms with Gasteiger partial charge in [-0.05, 0) is 30.3 Å². The van der Waals surface area contributed by atoms with Gasteiger partial charge < -0.3 is 14.7 Å². The van der Waals surface area contributed by atoms with Gasteiger partial charge in [0, 0.05) is 37.3 Å². The maximum atomic E-state index is 12.7. The Morgan fingerprint density at radius 2 is 1.81 bits per heavy atom. The van der Waals surface area contributed by atoms with Crippen molar-refractivity contribution in [3.05, 3.63) is 53.1 Å². The van der Waals surface area contributed by atoms with Gasteiger partial charge >= 0.3 is 0 Å². The second kappa shape index (κ2) is 7.75. The van der Waals surface area contributed by atoms with Crippen molar-refractivity contribution in [2.45, 2.75) is 4.90 Å². The van der Waals surface area contributed by atoms with Gasteiger partial charge in [-0.1, -0.05) is 17.7 Å². The first kappa shape index (κ1) is 19.5. The van der Waals surface area contributed by atoms with Gasteiger partial charge in [-0.25, -0.2) is 8.42 Å². The number of amides is 1. The molecule has 1 saturated heterocycles. The highest BCUT2D eigenvalue weighted by Gasteiger charge is 2.31. The summed E-state index contributed by atoms with van der Waals surface area (Å²) in [5.41, 5.74) is 0.155. The fraction of sp³-hybridized carbons (Fsp3) is 0.278. The van der Waals surface area contributed by atoms with Crippen molar-refractivity contribution in [3.63, 3.8) is 0 Å². The summed E-state index contributed by atoms with van der Waals surface area (Å²) in [6, 6.07) is 10.5. The molecule has 144 valence electrons. The van der Waals surface area contributed by atoms with Gasteiger partial charge in [0.2, 0.25) is 10.0 Å². The maximum absolute atomic E-state index is 12.7. The van der Waals surface area contributed by atoms with Gasteiger partial charge in [-0.2, -0.15) is 4.31 Å². The molecule has 3 rings (SSSR count). The zero-order valence-electron chi connectivity index (χ0n) is 14.6. The zero-order valence-corrected chi connectivity index (χ0v) is 16.2. The lowest BCUT2D eigenvalue weighted by molar-refractivity contribution is 0.0695. The van der Waals surface area contributed by atoms with Crippen LogP contribution in [0.2, 0.25) is 5.02 Å². The Labute approximate surface area is 162 Å². The Morgan fingerprint density at radius 3 is 2.41 bits per heavy atom. The Morgan fingerprint density at radius 1 is 1.11 bits per heavy atom. The van der Waals surface area contributed by atoms with E-state index in [9.17, 15) is 18.3 Å². The number of carbonyl (C=O) groups is 1. The first-order valence-corrected chi connectivity index (χ1v) is 10.1. The van der Waals surface area contributed by atoms with Gasteiger partial charge in [0.15, 0.2) is 0 Å². The highest BCUT2D eigenvalue weighted by Crippen LogP contribution is 2.26. The van der Waals surface area contributed by atoms with Gasteiger partial charge in [-0.15, -0.1) is 0 Å². The number of phenolic OH excluding ortho intramolecular Hbond substituents is 1. The van der Waals surface area contributed by atoms with Crippen LogP contribution in [0.15, 0.2) is 47.4 Å². The predicted molar refractivity (Wildman–Crippen MR) is 101 cm³/mol. The van der Waals surface area contributed by atoms with E-state index in [1.54, 1.807) is 18.2 Å². The highest BCUT2D eigenvalue weighted by atomic mass is 35.5. The molecular formula is C18H19ClN2O5S. The molecule has 1 N–H and O–H groups in total. The summed E-state index contributed by atoms with van der Waals surface area (Å²) in [6.45, 7) is 0.781. The number of sulfonamides is 1. The number of aromatic hydroxyl groups is 1. The quantitative estimate of drug-likeness (QED) is 0.834. The van der Waals surface area contributed by atoms with E-state index in [0.717, 1.165) is 0 Å². The van der Waals surface area contributed by atoms with Crippen molar-refractivity contribution in [1.82, 2.24) is 9.21 Å². The molecule has 0 atom stereocenters. The normalized spacial score (nSPS) is 15.6. The Bertz CT molecular complexity index is 956. The molecule has 1 aliphatic rings. The van der Waals surface area contributed by atoms with Crippen LogP contribution in [-0.2, 0) is 10.0 Å². The van der Waals surface area contributed by atoms with E-state index in [4.69, 9.17) is 16.3 Å². The number of hydrogen-bond acceptors (Lipinski definition) is 5. The number of nitrogens with zero attached hydrogens (tertiary/aromatic N) is 2. The topological polar surface area (TPSA) is 87.2 Å². The standard InChI is InChI=1S/C18H19ClN2O5S/c1-26-14-5-6-16(17(22)12-14)18(23)20-7-9-21(10-8-20)27(24,25)15-4-2-3-13(19)11-15/h2-6,11-12,22H,7-10H2,1H3. The molecule has 1 amide bonds. The zero-order chi connectivity index (χ0) is 19.6. The van der Waals surface area contributed by atoms with Crippen LogP contribution >= 0.6 is 11.6 Å². The molecule has 0 saturated carbocycles. The summed E-state index contributed by atoms with van der Waals surface area (Å²) >= 11 is 5.89. The number of ether oxygens (including phenoxy) is 1. The molecule has 2 aromatic carbocycles. The van der Waals surface area contributed by atoms with E-state index < -0.39 is 10.0 Å². The van der Waals surface area contributed by atoms with Crippen LogP contribution in [-0.4, -0.2) is 61.9 Å².